The molecule has 0 unspecified atom stereocenters. The maximum Gasteiger partial charge on any atom is 0.231 e. The highest BCUT2D eigenvalue weighted by molar-refractivity contribution is 5.60. The van der Waals surface area contributed by atoms with Gasteiger partial charge in [-0.1, -0.05) is 10.3 Å². The van der Waals surface area contributed by atoms with Gasteiger partial charge in [0.05, 0.1) is 18.7 Å². The maximum absolute atomic E-state index is 5.51. The molecule has 0 N–H and O–H groups in total. The van der Waals surface area contributed by atoms with E-state index in [2.05, 4.69) is 25.3 Å². The number of nitrogens with zero attached hydrogens (tertiary/aromatic N) is 6. The fourth-order valence-electron chi connectivity index (χ4n) is 3.14. The number of aromatic nitrogens is 5. The molecule has 0 aromatic carbocycles. The lowest BCUT2D eigenvalue weighted by Crippen LogP contribution is -2.19. The van der Waals surface area contributed by atoms with Gasteiger partial charge in [-0.3, -0.25) is 9.58 Å². The van der Waals surface area contributed by atoms with Crippen molar-refractivity contribution in [2.24, 2.45) is 7.05 Å². The van der Waals surface area contributed by atoms with Gasteiger partial charge in [-0.25, -0.2) is 0 Å². The van der Waals surface area contributed by atoms with Crippen LogP contribution in [0.2, 0.25) is 0 Å². The van der Waals surface area contributed by atoms with E-state index in [1.54, 1.807) is 0 Å². The minimum Gasteiger partial charge on any atom is -0.359 e. The van der Waals surface area contributed by atoms with Gasteiger partial charge in [0.15, 0.2) is 11.6 Å². The van der Waals surface area contributed by atoms with Gasteiger partial charge in [-0.15, -0.1) is 0 Å². The first-order valence-electron chi connectivity index (χ1n) is 8.07. The van der Waals surface area contributed by atoms with Crippen LogP contribution < -0.4 is 0 Å². The van der Waals surface area contributed by atoms with Crippen LogP contribution in [-0.2, 0) is 13.6 Å². The first-order valence-corrected chi connectivity index (χ1v) is 8.07. The molecule has 1 fully saturated rings. The topological polar surface area (TPSA) is 86.0 Å². The Kier molecular flexibility index (Phi) is 3.68. The maximum atomic E-state index is 5.51. The van der Waals surface area contributed by atoms with Crippen LogP contribution in [0.1, 0.15) is 35.5 Å². The van der Waals surface area contributed by atoms with Crippen LogP contribution in [0.15, 0.2) is 21.3 Å². The summed E-state index contributed by atoms with van der Waals surface area (Å²) in [6.07, 6.45) is 2.84. The van der Waals surface area contributed by atoms with Crippen molar-refractivity contribution in [2.45, 2.75) is 32.7 Å². The predicted octanol–water partition coefficient (Wildman–Crippen LogP) is 2.06. The molecule has 0 spiro atoms. The smallest absolute Gasteiger partial charge is 0.231 e. The van der Waals surface area contributed by atoms with Gasteiger partial charge in [-0.2, -0.15) is 10.1 Å². The van der Waals surface area contributed by atoms with Crippen LogP contribution in [0.25, 0.3) is 11.3 Å². The molecule has 4 rings (SSSR count). The molecule has 0 bridgehead atoms. The summed E-state index contributed by atoms with van der Waals surface area (Å²) < 4.78 is 12.6. The average Bonchev–Trinajstić information content (AvgIpc) is 3.31. The van der Waals surface area contributed by atoms with Gasteiger partial charge < -0.3 is 9.05 Å². The van der Waals surface area contributed by atoms with E-state index in [1.807, 2.05) is 37.8 Å². The van der Waals surface area contributed by atoms with Crippen LogP contribution in [0.5, 0.6) is 0 Å². The first-order chi connectivity index (χ1) is 11.6. The quantitative estimate of drug-likeness (QED) is 0.724. The molecule has 126 valence electrons. The van der Waals surface area contributed by atoms with Gasteiger partial charge in [0.1, 0.15) is 5.69 Å². The molecule has 3 aromatic rings. The third kappa shape index (κ3) is 2.73. The van der Waals surface area contributed by atoms with E-state index in [0.717, 1.165) is 54.7 Å². The van der Waals surface area contributed by atoms with Crippen molar-refractivity contribution >= 4 is 0 Å². The average molecular weight is 328 g/mol. The summed E-state index contributed by atoms with van der Waals surface area (Å²) in [4.78, 5) is 6.66. The minimum atomic E-state index is 0.300. The summed E-state index contributed by atoms with van der Waals surface area (Å²) in [5.74, 6) is 2.58. The third-order valence-electron chi connectivity index (χ3n) is 4.61. The molecule has 0 radical (unpaired) electrons. The molecule has 8 nitrogen and oxygen atoms in total. The van der Waals surface area contributed by atoms with Crippen LogP contribution in [0.3, 0.4) is 0 Å². The Morgan fingerprint density at radius 2 is 2.12 bits per heavy atom. The second kappa shape index (κ2) is 5.86. The summed E-state index contributed by atoms with van der Waals surface area (Å²) in [7, 11) is 1.92. The summed E-state index contributed by atoms with van der Waals surface area (Å²) in [5, 5.41) is 12.3. The zero-order chi connectivity index (χ0) is 16.7. The Hall–Kier alpha value is -2.48. The minimum absolute atomic E-state index is 0.300. The van der Waals surface area contributed by atoms with Crippen molar-refractivity contribution in [1.82, 2.24) is 30.0 Å². The molecule has 0 aliphatic carbocycles. The Bertz CT molecular complexity index is 849. The van der Waals surface area contributed by atoms with E-state index < -0.39 is 0 Å². The molecular formula is C16H20N6O2. The lowest BCUT2D eigenvalue weighted by molar-refractivity contribution is 0.266. The molecule has 4 heterocycles. The molecule has 1 saturated heterocycles. The number of hydrogen-bond acceptors (Lipinski definition) is 7. The zero-order valence-electron chi connectivity index (χ0n) is 14.1. The monoisotopic (exact) mass is 328 g/mol. The van der Waals surface area contributed by atoms with Gasteiger partial charge in [0, 0.05) is 30.9 Å². The largest absolute Gasteiger partial charge is 0.359 e. The lowest BCUT2D eigenvalue weighted by Gasteiger charge is -2.12. The van der Waals surface area contributed by atoms with Crippen molar-refractivity contribution in [2.75, 3.05) is 13.1 Å². The number of aryl methyl sites for hydroxylation is 2. The molecule has 0 amide bonds. The van der Waals surface area contributed by atoms with Crippen LogP contribution >= 0.6 is 0 Å². The normalized spacial score (nSPS) is 18.5. The molecular weight excluding hydrogens is 308 g/mol. The molecule has 8 heteroatoms. The number of rotatable bonds is 4. The molecule has 3 aromatic heterocycles. The highest BCUT2D eigenvalue weighted by Gasteiger charge is 2.28. The van der Waals surface area contributed by atoms with E-state index in [1.165, 1.54) is 0 Å². The summed E-state index contributed by atoms with van der Waals surface area (Å²) in [6.45, 7) is 6.47. The highest BCUT2D eigenvalue weighted by Crippen LogP contribution is 2.28. The zero-order valence-corrected chi connectivity index (χ0v) is 14.1. The van der Waals surface area contributed by atoms with Gasteiger partial charge in [-0.05, 0) is 26.8 Å². The van der Waals surface area contributed by atoms with Gasteiger partial charge in [0.2, 0.25) is 5.89 Å². The third-order valence-corrected chi connectivity index (χ3v) is 4.61. The second-order valence-corrected chi connectivity index (χ2v) is 6.35. The summed E-state index contributed by atoms with van der Waals surface area (Å²) in [5.41, 5.74) is 2.91. The fraction of sp³-hybridized carbons (Fsp3) is 0.500. The van der Waals surface area contributed by atoms with Gasteiger partial charge in [0.25, 0.3) is 0 Å². The first kappa shape index (κ1) is 15.1. The second-order valence-electron chi connectivity index (χ2n) is 6.35. The van der Waals surface area contributed by atoms with E-state index in [0.29, 0.717) is 11.7 Å². The Morgan fingerprint density at radius 1 is 1.25 bits per heavy atom. The van der Waals surface area contributed by atoms with Gasteiger partial charge >= 0.3 is 0 Å². The fourth-order valence-corrected chi connectivity index (χ4v) is 3.14. The Labute approximate surface area is 139 Å². The number of hydrogen-bond donors (Lipinski definition) is 0. The van der Waals surface area contributed by atoms with Crippen LogP contribution in [0, 0.1) is 13.8 Å². The van der Waals surface area contributed by atoms with E-state index in [9.17, 15) is 0 Å². The van der Waals surface area contributed by atoms with Crippen LogP contribution in [-0.4, -0.2) is 43.1 Å². The van der Waals surface area contributed by atoms with Crippen molar-refractivity contribution in [1.29, 1.82) is 0 Å². The SMILES string of the molecule is Cc1noc([C@H]2CCN(Cc3cc(-c4cnn(C)c4C)no3)C2)n1. The molecule has 1 aliphatic heterocycles. The predicted molar refractivity (Wildman–Crippen MR) is 85.1 cm³/mol. The van der Waals surface area contributed by atoms with Crippen molar-refractivity contribution in [3.8, 4) is 11.3 Å². The Morgan fingerprint density at radius 3 is 2.83 bits per heavy atom. The standard InChI is InChI=1S/C16H20N6O2/c1-10-14(7-17-21(10)3)15-6-13(23-20-15)9-22-5-4-12(8-22)16-18-11(2)19-24-16/h6-7,12H,4-5,8-9H2,1-3H3/t12-/m0/s1. The summed E-state index contributed by atoms with van der Waals surface area (Å²) in [6, 6.07) is 1.99. The highest BCUT2D eigenvalue weighted by atomic mass is 16.5. The Balaban J connectivity index is 1.42. The number of likely N-dealkylation sites (tertiary alicyclic amines) is 1. The van der Waals surface area contributed by atoms with Crippen molar-refractivity contribution in [3.05, 3.63) is 35.4 Å². The van der Waals surface area contributed by atoms with E-state index >= 15 is 0 Å². The van der Waals surface area contributed by atoms with Crippen LogP contribution in [0.4, 0.5) is 0 Å². The molecule has 1 atom stereocenters. The summed E-state index contributed by atoms with van der Waals surface area (Å²) >= 11 is 0. The van der Waals surface area contributed by atoms with E-state index in [-0.39, 0.29) is 0 Å². The van der Waals surface area contributed by atoms with Crippen molar-refractivity contribution < 1.29 is 9.05 Å². The van der Waals surface area contributed by atoms with Crippen molar-refractivity contribution in [3.63, 3.8) is 0 Å². The molecule has 1 aliphatic rings. The molecule has 0 saturated carbocycles. The lowest BCUT2D eigenvalue weighted by atomic mass is 10.1. The van der Waals surface area contributed by atoms with E-state index in [4.69, 9.17) is 9.05 Å². The molecule has 24 heavy (non-hydrogen) atoms.